The van der Waals surface area contributed by atoms with E-state index in [1.807, 2.05) is 22.7 Å². The normalized spacial score (nSPS) is 17.2. The number of rotatable bonds is 4. The van der Waals surface area contributed by atoms with Crippen LogP contribution in [-0.4, -0.2) is 37.7 Å². The Morgan fingerprint density at radius 1 is 1.35 bits per heavy atom. The van der Waals surface area contributed by atoms with Crippen molar-refractivity contribution in [1.82, 2.24) is 14.5 Å². The zero-order valence-electron chi connectivity index (χ0n) is 12.9. The van der Waals surface area contributed by atoms with Gasteiger partial charge in [0.15, 0.2) is 0 Å². The Bertz CT molecular complexity index is 694. The van der Waals surface area contributed by atoms with Gasteiger partial charge in [-0.15, -0.1) is 0 Å². The lowest BCUT2D eigenvalue weighted by atomic mass is 9.90. The molecule has 2 aromatic heterocycles. The highest BCUT2D eigenvalue weighted by molar-refractivity contribution is 5.57. The lowest BCUT2D eigenvalue weighted by Crippen LogP contribution is -2.36. The van der Waals surface area contributed by atoms with Gasteiger partial charge in [-0.2, -0.15) is 0 Å². The average Bonchev–Trinajstić information content (AvgIpc) is 3.00. The average molecular weight is 317 g/mol. The summed E-state index contributed by atoms with van der Waals surface area (Å²) in [6.45, 7) is 1.26. The number of anilines is 1. The molecule has 3 heterocycles. The summed E-state index contributed by atoms with van der Waals surface area (Å²) >= 11 is 0. The van der Waals surface area contributed by atoms with Crippen LogP contribution >= 0.6 is 0 Å². The van der Waals surface area contributed by atoms with Crippen molar-refractivity contribution in [1.29, 1.82) is 0 Å². The molecule has 122 valence electrons. The fourth-order valence-electron chi connectivity index (χ4n) is 3.07. The van der Waals surface area contributed by atoms with Crippen LogP contribution in [0.4, 0.5) is 11.5 Å². The molecule has 1 aliphatic heterocycles. The predicted octanol–water partition coefficient (Wildman–Crippen LogP) is 1.67. The van der Waals surface area contributed by atoms with Gasteiger partial charge in [0.1, 0.15) is 11.9 Å². The monoisotopic (exact) mass is 317 g/mol. The third-order valence-electron chi connectivity index (χ3n) is 4.37. The molecule has 1 aliphatic rings. The quantitative estimate of drug-likeness (QED) is 0.680. The largest absolute Gasteiger partial charge is 0.385 e. The van der Waals surface area contributed by atoms with Crippen molar-refractivity contribution in [2.45, 2.75) is 18.9 Å². The SMILES string of the molecule is Cn1ccnc1C(O)C1CCN(c2ncccc2[N+](=O)[O-])CC1. The van der Waals surface area contributed by atoms with Crippen molar-refractivity contribution in [3.8, 4) is 0 Å². The van der Waals surface area contributed by atoms with Crippen LogP contribution in [0.2, 0.25) is 0 Å². The Hall–Kier alpha value is -2.48. The van der Waals surface area contributed by atoms with E-state index in [-0.39, 0.29) is 11.6 Å². The summed E-state index contributed by atoms with van der Waals surface area (Å²) in [5, 5.41) is 21.6. The molecule has 1 atom stereocenters. The Labute approximate surface area is 133 Å². The second kappa shape index (κ2) is 6.33. The summed E-state index contributed by atoms with van der Waals surface area (Å²) in [5.41, 5.74) is 0.0237. The summed E-state index contributed by atoms with van der Waals surface area (Å²) < 4.78 is 1.82. The molecular formula is C15H19N5O3. The molecule has 8 heteroatoms. The standard InChI is InChI=1S/C15H19N5O3/c1-18-10-7-17-15(18)13(21)11-4-8-19(9-5-11)14-12(20(22)23)3-2-6-16-14/h2-3,6-7,10-11,13,21H,4-5,8-9H2,1H3. The van der Waals surface area contributed by atoms with Crippen molar-refractivity contribution < 1.29 is 10.0 Å². The first-order valence-electron chi connectivity index (χ1n) is 7.57. The first-order chi connectivity index (χ1) is 11.1. The third kappa shape index (κ3) is 3.02. The van der Waals surface area contributed by atoms with E-state index in [9.17, 15) is 15.2 Å². The summed E-state index contributed by atoms with van der Waals surface area (Å²) in [6.07, 6.45) is 5.91. The minimum Gasteiger partial charge on any atom is -0.385 e. The fraction of sp³-hybridized carbons (Fsp3) is 0.467. The van der Waals surface area contributed by atoms with E-state index in [2.05, 4.69) is 9.97 Å². The van der Waals surface area contributed by atoms with E-state index >= 15 is 0 Å². The lowest BCUT2D eigenvalue weighted by Gasteiger charge is -2.34. The van der Waals surface area contributed by atoms with Gasteiger partial charge in [-0.25, -0.2) is 9.97 Å². The smallest absolute Gasteiger partial charge is 0.311 e. The molecule has 0 amide bonds. The molecular weight excluding hydrogens is 298 g/mol. The van der Waals surface area contributed by atoms with Crippen molar-refractivity contribution in [2.75, 3.05) is 18.0 Å². The Morgan fingerprint density at radius 3 is 2.70 bits per heavy atom. The molecule has 1 N–H and O–H groups in total. The number of hydrogen-bond donors (Lipinski definition) is 1. The number of aryl methyl sites for hydroxylation is 1. The van der Waals surface area contributed by atoms with Gasteiger partial charge in [-0.1, -0.05) is 0 Å². The maximum atomic E-state index is 11.1. The topological polar surface area (TPSA) is 97.3 Å². The van der Waals surface area contributed by atoms with Gasteiger partial charge in [0.2, 0.25) is 5.82 Å². The number of nitrogens with zero attached hydrogens (tertiary/aromatic N) is 5. The predicted molar refractivity (Wildman–Crippen MR) is 84.0 cm³/mol. The first-order valence-corrected chi connectivity index (χ1v) is 7.57. The number of piperidine rings is 1. The molecule has 2 aromatic rings. The second-order valence-corrected chi connectivity index (χ2v) is 5.77. The fourth-order valence-corrected chi connectivity index (χ4v) is 3.07. The number of aliphatic hydroxyl groups is 1. The number of pyridine rings is 1. The third-order valence-corrected chi connectivity index (χ3v) is 4.37. The Balaban J connectivity index is 1.70. The molecule has 0 spiro atoms. The van der Waals surface area contributed by atoms with Crippen molar-refractivity contribution >= 4 is 11.5 Å². The number of aromatic nitrogens is 3. The number of aliphatic hydroxyl groups excluding tert-OH is 1. The second-order valence-electron chi connectivity index (χ2n) is 5.77. The Kier molecular flexibility index (Phi) is 4.24. The molecule has 0 radical (unpaired) electrons. The highest BCUT2D eigenvalue weighted by atomic mass is 16.6. The van der Waals surface area contributed by atoms with Gasteiger partial charge in [-0.05, 0) is 24.8 Å². The molecule has 0 aromatic carbocycles. The van der Waals surface area contributed by atoms with E-state index < -0.39 is 11.0 Å². The molecule has 0 aliphatic carbocycles. The van der Waals surface area contributed by atoms with Gasteiger partial charge in [0.25, 0.3) is 0 Å². The van der Waals surface area contributed by atoms with Crippen LogP contribution in [0, 0.1) is 16.0 Å². The molecule has 1 unspecified atom stereocenters. The zero-order valence-corrected chi connectivity index (χ0v) is 12.9. The van der Waals surface area contributed by atoms with E-state index in [1.54, 1.807) is 18.5 Å². The van der Waals surface area contributed by atoms with E-state index in [4.69, 9.17) is 0 Å². The molecule has 23 heavy (non-hydrogen) atoms. The van der Waals surface area contributed by atoms with Crippen LogP contribution in [0.1, 0.15) is 24.8 Å². The van der Waals surface area contributed by atoms with E-state index in [1.165, 1.54) is 6.07 Å². The van der Waals surface area contributed by atoms with Crippen molar-refractivity contribution in [3.63, 3.8) is 0 Å². The number of hydrogen-bond acceptors (Lipinski definition) is 6. The molecule has 0 bridgehead atoms. The molecule has 1 saturated heterocycles. The summed E-state index contributed by atoms with van der Waals surface area (Å²) in [4.78, 5) is 21.0. The van der Waals surface area contributed by atoms with Crippen LogP contribution in [0.5, 0.6) is 0 Å². The highest BCUT2D eigenvalue weighted by Gasteiger charge is 2.31. The van der Waals surface area contributed by atoms with E-state index in [0.29, 0.717) is 24.7 Å². The van der Waals surface area contributed by atoms with E-state index in [0.717, 1.165) is 12.8 Å². The molecule has 1 fully saturated rings. The maximum Gasteiger partial charge on any atom is 0.311 e. The molecule has 0 saturated carbocycles. The minimum absolute atomic E-state index is 0.0237. The van der Waals surface area contributed by atoms with Crippen LogP contribution in [0.3, 0.4) is 0 Å². The van der Waals surface area contributed by atoms with Crippen LogP contribution in [0.25, 0.3) is 0 Å². The number of imidazole rings is 1. The molecule has 3 rings (SSSR count). The minimum atomic E-state index is -0.615. The van der Waals surface area contributed by atoms with Crippen molar-refractivity contribution in [3.05, 3.63) is 46.7 Å². The van der Waals surface area contributed by atoms with Gasteiger partial charge in [-0.3, -0.25) is 10.1 Å². The van der Waals surface area contributed by atoms with Gasteiger partial charge < -0.3 is 14.6 Å². The lowest BCUT2D eigenvalue weighted by molar-refractivity contribution is -0.384. The maximum absolute atomic E-state index is 11.1. The van der Waals surface area contributed by atoms with Gasteiger partial charge in [0, 0.05) is 44.8 Å². The highest BCUT2D eigenvalue weighted by Crippen LogP contribution is 2.33. The first kappa shape index (κ1) is 15.4. The summed E-state index contributed by atoms with van der Waals surface area (Å²) in [6, 6.07) is 3.04. The molecule has 8 nitrogen and oxygen atoms in total. The zero-order chi connectivity index (χ0) is 16.4. The summed E-state index contributed by atoms with van der Waals surface area (Å²) in [7, 11) is 1.86. The Morgan fingerprint density at radius 2 is 2.09 bits per heavy atom. The summed E-state index contributed by atoms with van der Waals surface area (Å²) in [5.74, 6) is 1.16. The van der Waals surface area contributed by atoms with Crippen molar-refractivity contribution in [2.24, 2.45) is 13.0 Å². The van der Waals surface area contributed by atoms with Gasteiger partial charge in [0.05, 0.1) is 4.92 Å². The van der Waals surface area contributed by atoms with Crippen LogP contribution < -0.4 is 4.90 Å². The van der Waals surface area contributed by atoms with Gasteiger partial charge >= 0.3 is 5.69 Å². The number of nitro groups is 1. The van der Waals surface area contributed by atoms with Crippen LogP contribution in [-0.2, 0) is 7.05 Å². The van der Waals surface area contributed by atoms with Crippen LogP contribution in [0.15, 0.2) is 30.7 Å².